The average Bonchev–Trinajstić information content (AvgIpc) is 3.53. The van der Waals surface area contributed by atoms with Crippen molar-refractivity contribution in [3.8, 4) is 0 Å². The number of carbonyl (C=O) groups excluding carboxylic acids is 1. The van der Waals surface area contributed by atoms with Gasteiger partial charge in [0, 0.05) is 31.6 Å². The van der Waals surface area contributed by atoms with Crippen molar-refractivity contribution < 1.29 is 19.4 Å². The van der Waals surface area contributed by atoms with Crippen molar-refractivity contribution >= 4 is 12.1 Å². The summed E-state index contributed by atoms with van der Waals surface area (Å²) in [5, 5.41) is 9.33. The van der Waals surface area contributed by atoms with Crippen LogP contribution in [-0.2, 0) is 16.0 Å². The van der Waals surface area contributed by atoms with Crippen LogP contribution in [0.5, 0.6) is 0 Å². The van der Waals surface area contributed by atoms with Crippen LogP contribution in [0.4, 0.5) is 4.79 Å². The smallest absolute Gasteiger partial charge is 0.410 e. The molecule has 43 heavy (non-hydrogen) atoms. The summed E-state index contributed by atoms with van der Waals surface area (Å²) in [5.41, 5.74) is 2.61. The zero-order chi connectivity index (χ0) is 30.4. The minimum atomic E-state index is -0.640. The van der Waals surface area contributed by atoms with E-state index in [4.69, 9.17) is 4.74 Å². The molecule has 1 saturated carbocycles. The lowest BCUT2D eigenvalue weighted by Gasteiger charge is -2.36. The van der Waals surface area contributed by atoms with Crippen LogP contribution in [-0.4, -0.2) is 90.3 Å². The Morgan fingerprint density at radius 3 is 2.19 bits per heavy atom. The number of hydrogen-bond donors (Lipinski definition) is 1. The third-order valence-electron chi connectivity index (χ3n) is 9.70. The molecule has 5 rings (SSSR count). The first-order valence-electron chi connectivity index (χ1n) is 16.6. The summed E-state index contributed by atoms with van der Waals surface area (Å²) in [5.74, 6) is 0.513. The number of ether oxygens (including phenoxy) is 1. The molecular weight excluding hydrogens is 538 g/mol. The van der Waals surface area contributed by atoms with E-state index in [0.29, 0.717) is 30.9 Å². The molecule has 0 radical (unpaired) electrons. The summed E-state index contributed by atoms with van der Waals surface area (Å²) in [7, 11) is 2.13. The molecule has 2 aliphatic heterocycles. The lowest BCUT2D eigenvalue weighted by molar-refractivity contribution is -0.139. The quantitative estimate of drug-likeness (QED) is 0.332. The number of rotatable bonds is 10. The van der Waals surface area contributed by atoms with E-state index < -0.39 is 5.97 Å². The van der Waals surface area contributed by atoms with Crippen molar-refractivity contribution in [1.82, 2.24) is 14.7 Å². The molecule has 2 saturated heterocycles. The molecule has 2 heterocycles. The molecule has 3 fully saturated rings. The molecule has 0 aromatic heterocycles. The Morgan fingerprint density at radius 1 is 0.907 bits per heavy atom. The van der Waals surface area contributed by atoms with E-state index in [1.807, 2.05) is 30.0 Å². The molecule has 1 amide bonds. The number of amides is 1. The fourth-order valence-electron chi connectivity index (χ4n) is 7.20. The van der Waals surface area contributed by atoms with Crippen molar-refractivity contribution in [1.29, 1.82) is 0 Å². The van der Waals surface area contributed by atoms with Crippen LogP contribution in [0.2, 0.25) is 0 Å². The molecule has 2 aromatic rings. The highest BCUT2D eigenvalue weighted by molar-refractivity contribution is 5.68. The average molecular weight is 592 g/mol. The number of piperidine rings is 1. The molecule has 1 N–H and O–H groups in total. The first-order chi connectivity index (χ1) is 20.9. The van der Waals surface area contributed by atoms with Gasteiger partial charge in [-0.25, -0.2) is 4.79 Å². The number of benzene rings is 2. The van der Waals surface area contributed by atoms with Crippen molar-refractivity contribution in [2.45, 2.75) is 89.1 Å². The minimum absolute atomic E-state index is 0.164. The van der Waals surface area contributed by atoms with Crippen LogP contribution in [0, 0.1) is 5.92 Å². The molecule has 1 aliphatic carbocycles. The monoisotopic (exact) mass is 591 g/mol. The number of hydrogen-bond acceptors (Lipinski definition) is 5. The van der Waals surface area contributed by atoms with E-state index in [9.17, 15) is 14.7 Å². The summed E-state index contributed by atoms with van der Waals surface area (Å²) >= 11 is 0. The second-order valence-corrected chi connectivity index (χ2v) is 12.6. The lowest BCUT2D eigenvalue weighted by Crippen LogP contribution is -2.46. The molecular formula is C36H53N3O4. The number of nitrogens with zero attached hydrogens (tertiary/aromatic N) is 3. The van der Waals surface area contributed by atoms with Gasteiger partial charge in [0.15, 0.2) is 0 Å². The molecule has 0 bridgehead atoms. The maximum absolute atomic E-state index is 12.2. The highest BCUT2D eigenvalue weighted by Crippen LogP contribution is 2.35. The predicted molar refractivity (Wildman–Crippen MR) is 172 cm³/mol. The summed E-state index contributed by atoms with van der Waals surface area (Å²) in [6.45, 7) is 7.38. The Kier molecular flexibility index (Phi) is 13.4. The van der Waals surface area contributed by atoms with Crippen LogP contribution >= 0.6 is 0 Å². The van der Waals surface area contributed by atoms with E-state index in [1.54, 1.807) is 0 Å². The van der Waals surface area contributed by atoms with Gasteiger partial charge in [-0.1, -0.05) is 79.9 Å². The number of carboxylic acids is 1. The van der Waals surface area contributed by atoms with E-state index >= 15 is 0 Å². The molecule has 2 atom stereocenters. The number of aliphatic carboxylic acids is 1. The number of carboxylic acid groups (broad SMARTS) is 1. The molecule has 0 spiro atoms. The van der Waals surface area contributed by atoms with Gasteiger partial charge in [0.2, 0.25) is 0 Å². The SMILES string of the molecule is CCN(C(=O)OCCc1ccccc1)C1CCN(C)CC1.O=C(O)CC(C1CCCCC1)N1CC[C@@H](c2ccccc2)C1. The van der Waals surface area contributed by atoms with Crippen molar-refractivity contribution in [2.75, 3.05) is 46.4 Å². The summed E-state index contributed by atoms with van der Waals surface area (Å²) in [4.78, 5) is 30.2. The van der Waals surface area contributed by atoms with Gasteiger partial charge in [-0.2, -0.15) is 0 Å². The van der Waals surface area contributed by atoms with Gasteiger partial charge >= 0.3 is 12.1 Å². The van der Waals surface area contributed by atoms with E-state index in [1.165, 1.54) is 43.2 Å². The fraction of sp³-hybridized carbons (Fsp3) is 0.611. The Hall–Kier alpha value is -2.90. The number of carbonyl (C=O) groups is 2. The second kappa shape index (κ2) is 17.4. The first kappa shape index (κ1) is 33.0. The van der Waals surface area contributed by atoms with Crippen molar-refractivity contribution in [3.63, 3.8) is 0 Å². The second-order valence-electron chi connectivity index (χ2n) is 12.6. The minimum Gasteiger partial charge on any atom is -0.481 e. The van der Waals surface area contributed by atoms with E-state index in [0.717, 1.165) is 58.4 Å². The van der Waals surface area contributed by atoms with Gasteiger partial charge in [-0.3, -0.25) is 9.69 Å². The highest BCUT2D eigenvalue weighted by atomic mass is 16.6. The van der Waals surface area contributed by atoms with Crippen molar-refractivity contribution in [3.05, 3.63) is 71.8 Å². The Bertz CT molecular complexity index is 1080. The predicted octanol–water partition coefficient (Wildman–Crippen LogP) is 6.68. The zero-order valence-corrected chi connectivity index (χ0v) is 26.4. The summed E-state index contributed by atoms with van der Waals surface area (Å²) in [6, 6.07) is 21.4. The topological polar surface area (TPSA) is 73.3 Å². The standard InChI is InChI=1S/C19H27NO2.C17H26N2O2/c21-19(22)13-18(16-9-5-2-6-10-16)20-12-11-17(14-20)15-7-3-1-4-8-15;1-3-19(16-9-12-18(2)13-10-16)17(20)21-14-11-15-7-5-4-6-8-15/h1,3-4,7-8,16-18H,2,5-6,9-14H2,(H,21,22);4-8,16H,3,9-14H2,1-2H3/t17-,18?;/m1./s1. The number of likely N-dealkylation sites (tertiary alicyclic amines) is 2. The van der Waals surface area contributed by atoms with Crippen LogP contribution < -0.4 is 0 Å². The summed E-state index contributed by atoms with van der Waals surface area (Å²) in [6.07, 6.45) is 10.5. The Labute approximate surface area is 259 Å². The molecule has 2 aromatic carbocycles. The van der Waals surface area contributed by atoms with Crippen LogP contribution in [0.3, 0.4) is 0 Å². The maximum atomic E-state index is 12.2. The Morgan fingerprint density at radius 2 is 1.56 bits per heavy atom. The van der Waals surface area contributed by atoms with Gasteiger partial charge in [-0.15, -0.1) is 0 Å². The zero-order valence-electron chi connectivity index (χ0n) is 26.4. The summed E-state index contributed by atoms with van der Waals surface area (Å²) < 4.78 is 5.45. The molecule has 7 heteroatoms. The molecule has 236 valence electrons. The van der Waals surface area contributed by atoms with Gasteiger partial charge in [0.1, 0.15) is 0 Å². The third-order valence-corrected chi connectivity index (χ3v) is 9.70. The van der Waals surface area contributed by atoms with Gasteiger partial charge in [0.25, 0.3) is 0 Å². The fourth-order valence-corrected chi connectivity index (χ4v) is 7.20. The largest absolute Gasteiger partial charge is 0.481 e. The normalized spacial score (nSPS) is 21.0. The van der Waals surface area contributed by atoms with Crippen LogP contribution in [0.25, 0.3) is 0 Å². The van der Waals surface area contributed by atoms with E-state index in [-0.39, 0.29) is 12.1 Å². The highest BCUT2D eigenvalue weighted by Gasteiger charge is 2.35. The maximum Gasteiger partial charge on any atom is 0.410 e. The molecule has 1 unspecified atom stereocenters. The van der Waals surface area contributed by atoms with Crippen LogP contribution in [0.15, 0.2) is 60.7 Å². The Balaban J connectivity index is 0.000000197. The van der Waals surface area contributed by atoms with Gasteiger partial charge in [-0.05, 0) is 88.7 Å². The van der Waals surface area contributed by atoms with Crippen LogP contribution in [0.1, 0.15) is 81.8 Å². The molecule has 7 nitrogen and oxygen atoms in total. The van der Waals surface area contributed by atoms with Crippen molar-refractivity contribution in [2.24, 2.45) is 5.92 Å². The third kappa shape index (κ3) is 10.4. The van der Waals surface area contributed by atoms with Gasteiger partial charge in [0.05, 0.1) is 13.0 Å². The van der Waals surface area contributed by atoms with Gasteiger partial charge < -0.3 is 19.6 Å². The van der Waals surface area contributed by atoms with E-state index in [2.05, 4.69) is 59.3 Å². The lowest BCUT2D eigenvalue weighted by atomic mass is 9.82. The first-order valence-corrected chi connectivity index (χ1v) is 16.6. The molecule has 3 aliphatic rings.